The van der Waals surface area contributed by atoms with Crippen molar-refractivity contribution >= 4 is 10.0 Å². The number of sulfonamides is 1. The molecule has 4 heteroatoms. The van der Waals surface area contributed by atoms with Gasteiger partial charge in [-0.15, -0.1) is 0 Å². The molecule has 1 heterocycles. The van der Waals surface area contributed by atoms with Crippen LogP contribution in [0.1, 0.15) is 20.3 Å². The molecular weight excluding hydrogens is 174 g/mol. The lowest BCUT2D eigenvalue weighted by Gasteiger charge is -2.15. The fourth-order valence-electron chi connectivity index (χ4n) is 1.87. The standard InChI is InChI=1S/C8H17NO2S/c1-7-4-8(2)6-12(10,11)9(3)5-7/h7-8H,4-6H2,1-3H3. The topological polar surface area (TPSA) is 37.4 Å². The molecule has 0 radical (unpaired) electrons. The van der Waals surface area contributed by atoms with Crippen molar-refractivity contribution < 1.29 is 8.42 Å². The molecule has 1 aliphatic rings. The van der Waals surface area contributed by atoms with Crippen LogP contribution >= 0.6 is 0 Å². The molecule has 12 heavy (non-hydrogen) atoms. The highest BCUT2D eigenvalue weighted by Crippen LogP contribution is 2.21. The van der Waals surface area contributed by atoms with Gasteiger partial charge in [-0.2, -0.15) is 0 Å². The molecule has 0 saturated carbocycles. The monoisotopic (exact) mass is 191 g/mol. The van der Waals surface area contributed by atoms with Gasteiger partial charge in [-0.25, -0.2) is 12.7 Å². The first kappa shape index (κ1) is 9.99. The summed E-state index contributed by atoms with van der Waals surface area (Å²) in [7, 11) is -1.28. The third-order valence-electron chi connectivity index (χ3n) is 2.34. The Morgan fingerprint density at radius 1 is 1.25 bits per heavy atom. The van der Waals surface area contributed by atoms with E-state index in [0.717, 1.165) is 6.42 Å². The molecule has 0 N–H and O–H groups in total. The van der Waals surface area contributed by atoms with Gasteiger partial charge in [0.2, 0.25) is 10.0 Å². The second-order valence-electron chi connectivity index (χ2n) is 4.01. The number of rotatable bonds is 0. The molecule has 0 aromatic heterocycles. The van der Waals surface area contributed by atoms with E-state index in [1.165, 1.54) is 4.31 Å². The summed E-state index contributed by atoms with van der Waals surface area (Å²) in [5.74, 6) is 1.10. The summed E-state index contributed by atoms with van der Waals surface area (Å²) in [5.41, 5.74) is 0. The Morgan fingerprint density at radius 2 is 1.83 bits per heavy atom. The molecule has 0 aromatic carbocycles. The molecule has 0 spiro atoms. The van der Waals surface area contributed by atoms with E-state index in [1.807, 2.05) is 6.92 Å². The summed E-state index contributed by atoms with van der Waals surface area (Å²) in [6, 6.07) is 0. The molecule has 1 saturated heterocycles. The van der Waals surface area contributed by atoms with Crippen molar-refractivity contribution in [1.29, 1.82) is 0 Å². The molecule has 1 rings (SSSR count). The van der Waals surface area contributed by atoms with Gasteiger partial charge >= 0.3 is 0 Å². The summed E-state index contributed by atoms with van der Waals surface area (Å²) in [4.78, 5) is 0. The van der Waals surface area contributed by atoms with Crippen LogP contribution < -0.4 is 0 Å². The van der Waals surface area contributed by atoms with E-state index in [0.29, 0.717) is 24.1 Å². The highest BCUT2D eigenvalue weighted by atomic mass is 32.2. The van der Waals surface area contributed by atoms with Gasteiger partial charge in [0.25, 0.3) is 0 Å². The molecule has 1 fully saturated rings. The van der Waals surface area contributed by atoms with Gasteiger partial charge in [0.05, 0.1) is 5.75 Å². The molecule has 1 aliphatic heterocycles. The van der Waals surface area contributed by atoms with Crippen molar-refractivity contribution in [3.05, 3.63) is 0 Å². The lowest BCUT2D eigenvalue weighted by atomic mass is 9.99. The van der Waals surface area contributed by atoms with Crippen LogP contribution in [0.15, 0.2) is 0 Å². The van der Waals surface area contributed by atoms with Crippen molar-refractivity contribution in [1.82, 2.24) is 4.31 Å². The molecule has 0 aliphatic carbocycles. The predicted octanol–water partition coefficient (Wildman–Crippen LogP) is 0.924. The van der Waals surface area contributed by atoms with Crippen molar-refractivity contribution in [2.75, 3.05) is 19.3 Å². The van der Waals surface area contributed by atoms with Crippen molar-refractivity contribution in [3.8, 4) is 0 Å². The summed E-state index contributed by atoms with van der Waals surface area (Å²) in [6.07, 6.45) is 1.02. The third-order valence-corrected chi connectivity index (χ3v) is 4.43. The lowest BCUT2D eigenvalue weighted by molar-refractivity contribution is 0.383. The van der Waals surface area contributed by atoms with E-state index >= 15 is 0 Å². The maximum atomic E-state index is 11.5. The lowest BCUT2D eigenvalue weighted by Crippen LogP contribution is -2.30. The zero-order valence-corrected chi connectivity index (χ0v) is 8.76. The Bertz CT molecular complexity index is 248. The van der Waals surface area contributed by atoms with E-state index in [2.05, 4.69) is 6.92 Å². The quantitative estimate of drug-likeness (QED) is 0.571. The largest absolute Gasteiger partial charge is 0.214 e. The minimum absolute atomic E-state index is 0.301. The minimum Gasteiger partial charge on any atom is -0.212 e. The fourth-order valence-corrected chi connectivity index (χ4v) is 3.46. The van der Waals surface area contributed by atoms with Gasteiger partial charge in [-0.3, -0.25) is 0 Å². The maximum Gasteiger partial charge on any atom is 0.214 e. The van der Waals surface area contributed by atoms with E-state index in [1.54, 1.807) is 7.05 Å². The van der Waals surface area contributed by atoms with Crippen LogP contribution in [0.2, 0.25) is 0 Å². The van der Waals surface area contributed by atoms with E-state index in [9.17, 15) is 8.42 Å². The van der Waals surface area contributed by atoms with Gasteiger partial charge < -0.3 is 0 Å². The normalized spacial score (nSPS) is 37.6. The Balaban J connectivity index is 2.82. The zero-order chi connectivity index (χ0) is 9.35. The van der Waals surface area contributed by atoms with Gasteiger partial charge in [-0.05, 0) is 18.3 Å². The smallest absolute Gasteiger partial charge is 0.212 e. The van der Waals surface area contributed by atoms with Crippen LogP contribution in [0, 0.1) is 11.8 Å². The Hall–Kier alpha value is -0.0900. The van der Waals surface area contributed by atoms with Crippen LogP contribution in [-0.2, 0) is 10.0 Å². The molecular formula is C8H17NO2S. The van der Waals surface area contributed by atoms with Gasteiger partial charge in [0.1, 0.15) is 0 Å². The molecule has 0 amide bonds. The number of hydrogen-bond donors (Lipinski definition) is 0. The van der Waals surface area contributed by atoms with Crippen molar-refractivity contribution in [2.24, 2.45) is 11.8 Å². The molecule has 3 nitrogen and oxygen atoms in total. The van der Waals surface area contributed by atoms with Crippen molar-refractivity contribution in [3.63, 3.8) is 0 Å². The van der Waals surface area contributed by atoms with Crippen LogP contribution in [0.25, 0.3) is 0 Å². The second kappa shape index (κ2) is 3.34. The SMILES string of the molecule is CC1CC(C)CS(=O)(=O)N(C)C1. The summed E-state index contributed by atoms with van der Waals surface area (Å²) in [6.45, 7) is 4.79. The first-order chi connectivity index (χ1) is 5.42. The Kier molecular flexibility index (Phi) is 2.78. The van der Waals surface area contributed by atoms with Gasteiger partial charge in [0.15, 0.2) is 0 Å². The van der Waals surface area contributed by atoms with Crippen molar-refractivity contribution in [2.45, 2.75) is 20.3 Å². The first-order valence-electron chi connectivity index (χ1n) is 4.36. The summed E-state index contributed by atoms with van der Waals surface area (Å²) < 4.78 is 24.5. The highest BCUT2D eigenvalue weighted by molar-refractivity contribution is 7.89. The summed E-state index contributed by atoms with van der Waals surface area (Å²) in [5, 5.41) is 0. The molecule has 2 unspecified atom stereocenters. The summed E-state index contributed by atoms with van der Waals surface area (Å²) >= 11 is 0. The van der Waals surface area contributed by atoms with E-state index in [4.69, 9.17) is 0 Å². The highest BCUT2D eigenvalue weighted by Gasteiger charge is 2.27. The first-order valence-corrected chi connectivity index (χ1v) is 5.96. The average molecular weight is 191 g/mol. The van der Waals surface area contributed by atoms with Gasteiger partial charge in [0, 0.05) is 13.6 Å². The van der Waals surface area contributed by atoms with Crippen LogP contribution in [-0.4, -0.2) is 32.1 Å². The fraction of sp³-hybridized carbons (Fsp3) is 1.00. The van der Waals surface area contributed by atoms with E-state index < -0.39 is 10.0 Å². The van der Waals surface area contributed by atoms with Gasteiger partial charge in [-0.1, -0.05) is 13.8 Å². The van der Waals surface area contributed by atoms with Crippen LogP contribution in [0.3, 0.4) is 0 Å². The second-order valence-corrected chi connectivity index (χ2v) is 6.13. The molecule has 0 aromatic rings. The Labute approximate surface area is 74.8 Å². The van der Waals surface area contributed by atoms with Crippen LogP contribution in [0.5, 0.6) is 0 Å². The number of nitrogens with zero attached hydrogens (tertiary/aromatic N) is 1. The zero-order valence-electron chi connectivity index (χ0n) is 7.95. The Morgan fingerprint density at radius 3 is 2.42 bits per heavy atom. The average Bonchev–Trinajstić information content (AvgIpc) is 1.89. The number of hydrogen-bond acceptors (Lipinski definition) is 2. The molecule has 0 bridgehead atoms. The van der Waals surface area contributed by atoms with E-state index in [-0.39, 0.29) is 0 Å². The van der Waals surface area contributed by atoms with Crippen LogP contribution in [0.4, 0.5) is 0 Å². The molecule has 72 valence electrons. The maximum absolute atomic E-state index is 11.5. The third kappa shape index (κ3) is 2.20. The predicted molar refractivity (Wildman–Crippen MR) is 49.4 cm³/mol. The minimum atomic E-state index is -2.95. The molecule has 2 atom stereocenters.